The van der Waals surface area contributed by atoms with Gasteiger partial charge in [0.25, 0.3) is 5.91 Å². The highest BCUT2D eigenvalue weighted by Crippen LogP contribution is 2.22. The van der Waals surface area contributed by atoms with Crippen LogP contribution < -0.4 is 5.73 Å². The molecule has 118 valence electrons. The summed E-state index contributed by atoms with van der Waals surface area (Å²) in [5, 5.41) is 1.33. The van der Waals surface area contributed by atoms with E-state index in [0.29, 0.717) is 17.1 Å². The van der Waals surface area contributed by atoms with Crippen LogP contribution in [0.5, 0.6) is 0 Å². The highest BCUT2D eigenvalue weighted by atomic mass is 32.1. The van der Waals surface area contributed by atoms with E-state index in [1.807, 2.05) is 18.2 Å². The van der Waals surface area contributed by atoms with Crippen LogP contribution in [0.1, 0.15) is 0 Å². The van der Waals surface area contributed by atoms with Gasteiger partial charge in [0.15, 0.2) is 0 Å². The molecule has 1 aliphatic heterocycles. The standard InChI is InChI=1S/C17H17N3O2S/c1-12-15(22-2)9-6-10-20(12)17(21)14(11-23)16(18)19-13-7-4-3-5-8-13/h3-11,23H,1H2,2H3,(H2,18,19). The Labute approximate surface area is 140 Å². The van der Waals surface area contributed by atoms with Gasteiger partial charge in [-0.2, -0.15) is 12.6 Å². The molecule has 0 bridgehead atoms. The zero-order valence-electron chi connectivity index (χ0n) is 12.6. The van der Waals surface area contributed by atoms with Crippen LogP contribution in [0, 0.1) is 0 Å². The van der Waals surface area contributed by atoms with Gasteiger partial charge in [0.1, 0.15) is 11.6 Å². The van der Waals surface area contributed by atoms with E-state index in [9.17, 15) is 4.79 Å². The SMILES string of the molecule is C=C1C(OC)=CC=CN1C(=O)C(=CS)C(N)=Nc1ccccc1. The molecule has 1 heterocycles. The van der Waals surface area contributed by atoms with Crippen LogP contribution >= 0.6 is 12.6 Å². The second-order valence-corrected chi connectivity index (χ2v) is 4.83. The monoisotopic (exact) mass is 327 g/mol. The third-order valence-electron chi connectivity index (χ3n) is 3.14. The topological polar surface area (TPSA) is 67.9 Å². The summed E-state index contributed by atoms with van der Waals surface area (Å²) in [4.78, 5) is 18.3. The zero-order valence-corrected chi connectivity index (χ0v) is 13.5. The number of carbonyl (C=O) groups is 1. The maximum atomic E-state index is 12.7. The number of benzene rings is 1. The van der Waals surface area contributed by atoms with Crippen LogP contribution in [0.25, 0.3) is 0 Å². The Balaban J connectivity index is 2.27. The van der Waals surface area contributed by atoms with Crippen LogP contribution in [0.3, 0.4) is 0 Å². The van der Waals surface area contributed by atoms with Gasteiger partial charge in [-0.05, 0) is 29.7 Å². The number of ether oxygens (including phenoxy) is 1. The maximum Gasteiger partial charge on any atom is 0.266 e. The van der Waals surface area contributed by atoms with Crippen molar-refractivity contribution in [2.24, 2.45) is 10.7 Å². The summed E-state index contributed by atoms with van der Waals surface area (Å²) >= 11 is 4.09. The quantitative estimate of drug-likeness (QED) is 0.387. The zero-order chi connectivity index (χ0) is 16.8. The number of nitrogens with zero attached hydrogens (tertiary/aromatic N) is 2. The fraction of sp³-hybridized carbons (Fsp3) is 0.0588. The second kappa shape index (κ2) is 7.51. The van der Waals surface area contributed by atoms with E-state index in [4.69, 9.17) is 10.5 Å². The van der Waals surface area contributed by atoms with E-state index >= 15 is 0 Å². The third kappa shape index (κ3) is 3.73. The third-order valence-corrected chi connectivity index (χ3v) is 3.40. The molecule has 0 aromatic heterocycles. The molecule has 0 unspecified atom stereocenters. The van der Waals surface area contributed by atoms with Gasteiger partial charge in [0.2, 0.25) is 0 Å². The van der Waals surface area contributed by atoms with Gasteiger partial charge in [-0.15, -0.1) is 0 Å². The number of aliphatic imine (C=N–C) groups is 1. The number of hydrogen-bond donors (Lipinski definition) is 2. The lowest BCUT2D eigenvalue weighted by Gasteiger charge is -2.25. The molecule has 1 aromatic carbocycles. The molecule has 23 heavy (non-hydrogen) atoms. The Morgan fingerprint density at radius 2 is 2.09 bits per heavy atom. The van der Waals surface area contributed by atoms with Crippen LogP contribution in [-0.4, -0.2) is 23.8 Å². The largest absolute Gasteiger partial charge is 0.495 e. The lowest BCUT2D eigenvalue weighted by molar-refractivity contribution is -0.122. The van der Waals surface area contributed by atoms with Gasteiger partial charge >= 0.3 is 0 Å². The van der Waals surface area contributed by atoms with Crippen LogP contribution in [0.4, 0.5) is 5.69 Å². The summed E-state index contributed by atoms with van der Waals surface area (Å²) in [7, 11) is 1.51. The van der Waals surface area contributed by atoms with Crippen molar-refractivity contribution < 1.29 is 9.53 Å². The predicted molar refractivity (Wildman–Crippen MR) is 95.0 cm³/mol. The Kier molecular flexibility index (Phi) is 5.43. The molecule has 0 fully saturated rings. The molecule has 0 saturated carbocycles. The minimum Gasteiger partial charge on any atom is -0.495 e. The molecule has 0 aliphatic carbocycles. The first-order valence-corrected chi connectivity index (χ1v) is 7.29. The average molecular weight is 327 g/mol. The smallest absolute Gasteiger partial charge is 0.266 e. The van der Waals surface area contributed by atoms with Gasteiger partial charge in [-0.25, -0.2) is 4.99 Å². The van der Waals surface area contributed by atoms with Crippen molar-refractivity contribution in [1.82, 2.24) is 4.90 Å². The molecule has 0 radical (unpaired) electrons. The second-order valence-electron chi connectivity index (χ2n) is 4.57. The first-order chi connectivity index (χ1) is 11.1. The number of thiol groups is 1. The number of para-hydroxylation sites is 1. The Bertz CT molecular complexity index is 733. The minimum atomic E-state index is -0.388. The summed E-state index contributed by atoms with van der Waals surface area (Å²) in [5.74, 6) is 0.185. The van der Waals surface area contributed by atoms with Crippen molar-refractivity contribution in [1.29, 1.82) is 0 Å². The summed E-state index contributed by atoms with van der Waals surface area (Å²) in [6.07, 6.45) is 4.99. The van der Waals surface area contributed by atoms with Crippen molar-refractivity contribution >= 4 is 30.1 Å². The normalized spacial score (nSPS) is 15.5. The molecular formula is C17H17N3O2S. The predicted octanol–water partition coefficient (Wildman–Crippen LogP) is 2.89. The number of rotatable bonds is 4. The number of hydrogen-bond acceptors (Lipinski definition) is 4. The van der Waals surface area contributed by atoms with E-state index in [1.54, 1.807) is 30.5 Å². The molecule has 1 amide bonds. The van der Waals surface area contributed by atoms with Gasteiger partial charge in [-0.3, -0.25) is 9.69 Å². The lowest BCUT2D eigenvalue weighted by atomic mass is 10.2. The number of amidine groups is 1. The van der Waals surface area contributed by atoms with Crippen LogP contribution in [0.15, 0.2) is 82.7 Å². The van der Waals surface area contributed by atoms with Gasteiger partial charge in [-0.1, -0.05) is 24.8 Å². The maximum absolute atomic E-state index is 12.7. The molecule has 1 aliphatic rings. The molecule has 6 heteroatoms. The molecule has 5 nitrogen and oxygen atoms in total. The Hall–Kier alpha value is -2.73. The molecule has 2 rings (SSSR count). The molecule has 0 atom stereocenters. The molecule has 2 N–H and O–H groups in total. The van der Waals surface area contributed by atoms with Gasteiger partial charge in [0.05, 0.1) is 24.1 Å². The number of nitrogens with two attached hydrogens (primary N) is 1. The molecule has 1 aromatic rings. The van der Waals surface area contributed by atoms with Crippen LogP contribution in [0.2, 0.25) is 0 Å². The number of methoxy groups -OCH3 is 1. The fourth-order valence-electron chi connectivity index (χ4n) is 1.96. The van der Waals surface area contributed by atoms with Crippen molar-refractivity contribution in [2.75, 3.05) is 7.11 Å². The molecular weight excluding hydrogens is 310 g/mol. The minimum absolute atomic E-state index is 0.0749. The van der Waals surface area contributed by atoms with Crippen molar-refractivity contribution in [3.05, 3.63) is 77.7 Å². The van der Waals surface area contributed by atoms with Crippen molar-refractivity contribution in [3.8, 4) is 0 Å². The Morgan fingerprint density at radius 1 is 1.39 bits per heavy atom. The summed E-state index contributed by atoms with van der Waals surface area (Å²) in [5.41, 5.74) is 7.20. The van der Waals surface area contributed by atoms with Crippen molar-refractivity contribution in [2.45, 2.75) is 0 Å². The fourth-order valence-corrected chi connectivity index (χ4v) is 2.20. The number of allylic oxidation sites excluding steroid dienone is 2. The highest BCUT2D eigenvalue weighted by molar-refractivity contribution is 7.83. The van der Waals surface area contributed by atoms with E-state index in [0.717, 1.165) is 0 Å². The van der Waals surface area contributed by atoms with Gasteiger partial charge in [0, 0.05) is 6.20 Å². The van der Waals surface area contributed by atoms with Crippen molar-refractivity contribution in [3.63, 3.8) is 0 Å². The molecule has 0 spiro atoms. The van der Waals surface area contributed by atoms with E-state index in [1.165, 1.54) is 17.4 Å². The summed E-state index contributed by atoms with van der Waals surface area (Å²) < 4.78 is 5.17. The Morgan fingerprint density at radius 3 is 2.70 bits per heavy atom. The first-order valence-electron chi connectivity index (χ1n) is 6.77. The van der Waals surface area contributed by atoms with Gasteiger partial charge < -0.3 is 10.5 Å². The summed E-state index contributed by atoms with van der Waals surface area (Å²) in [6.45, 7) is 3.86. The van der Waals surface area contributed by atoms with Crippen LogP contribution in [-0.2, 0) is 9.53 Å². The van der Waals surface area contributed by atoms with E-state index in [2.05, 4.69) is 24.2 Å². The highest BCUT2D eigenvalue weighted by Gasteiger charge is 2.24. The number of amides is 1. The molecule has 0 saturated heterocycles. The lowest BCUT2D eigenvalue weighted by Crippen LogP contribution is -2.33. The van der Waals surface area contributed by atoms with E-state index in [-0.39, 0.29) is 17.3 Å². The summed E-state index contributed by atoms with van der Waals surface area (Å²) in [6, 6.07) is 9.13. The average Bonchev–Trinajstić information content (AvgIpc) is 2.56. The number of carbonyl (C=O) groups excluding carboxylic acids is 1. The van der Waals surface area contributed by atoms with E-state index < -0.39 is 0 Å². The first kappa shape index (κ1) is 16.6.